The van der Waals surface area contributed by atoms with Gasteiger partial charge in [0.15, 0.2) is 23.8 Å². The summed E-state index contributed by atoms with van der Waals surface area (Å²) in [6.07, 6.45) is -0.873. The molecule has 1 fully saturated rings. The number of nitrogens with two attached hydrogens (primary N) is 2. The summed E-state index contributed by atoms with van der Waals surface area (Å²) in [5.74, 6) is -0.354. The number of fused-ring (bicyclic) bond motifs is 1. The van der Waals surface area contributed by atoms with Crippen LogP contribution in [0.5, 0.6) is 0 Å². The third-order valence-electron chi connectivity index (χ3n) is 6.39. The number of esters is 1. The highest BCUT2D eigenvalue weighted by Gasteiger charge is 2.56. The summed E-state index contributed by atoms with van der Waals surface area (Å²) in [5, 5.41) is 0. The summed E-state index contributed by atoms with van der Waals surface area (Å²) in [6.45, 7) is 4.04. The van der Waals surface area contributed by atoms with E-state index in [-0.39, 0.29) is 25.0 Å². The van der Waals surface area contributed by atoms with E-state index in [1.165, 1.54) is 13.3 Å². The number of benzene rings is 2. The van der Waals surface area contributed by atoms with Gasteiger partial charge in [-0.1, -0.05) is 60.7 Å². The maximum atomic E-state index is 12.3. The fourth-order valence-electron chi connectivity index (χ4n) is 4.67. The van der Waals surface area contributed by atoms with Crippen molar-refractivity contribution in [1.29, 1.82) is 0 Å². The van der Waals surface area contributed by atoms with Crippen LogP contribution in [-0.4, -0.2) is 49.9 Å². The van der Waals surface area contributed by atoms with Crippen molar-refractivity contribution in [1.82, 2.24) is 19.5 Å². The minimum absolute atomic E-state index is 0.00961. The molecule has 0 saturated carbocycles. The third-order valence-corrected chi connectivity index (χ3v) is 6.39. The zero-order valence-electron chi connectivity index (χ0n) is 21.2. The van der Waals surface area contributed by atoms with Crippen molar-refractivity contribution < 1.29 is 23.7 Å². The van der Waals surface area contributed by atoms with Gasteiger partial charge in [-0.05, 0) is 18.1 Å². The van der Waals surface area contributed by atoms with Crippen LogP contribution < -0.4 is 11.5 Å². The fourth-order valence-corrected chi connectivity index (χ4v) is 4.67. The van der Waals surface area contributed by atoms with Crippen molar-refractivity contribution in [3.8, 4) is 0 Å². The summed E-state index contributed by atoms with van der Waals surface area (Å²) in [5.41, 5.74) is 13.6. The second-order valence-electron chi connectivity index (χ2n) is 9.38. The van der Waals surface area contributed by atoms with Crippen LogP contribution in [0.4, 0.5) is 11.8 Å². The summed E-state index contributed by atoms with van der Waals surface area (Å²) in [7, 11) is 0. The van der Waals surface area contributed by atoms with E-state index < -0.39 is 30.0 Å². The standard InChI is InChI=1S/C27H30N6O5/c1-17(34)37-21-22(36-14-19-11-7-4-8-12-19)27(2,15-35-13-18-9-5-3-6-10-18)38-25(21)33-16-30-20-23(28)31-26(29)32-24(20)33/h3-12,16,21-22,25H,13-15H2,1-2H3,(H4,28,29,31,32)/t21-,22+,25+,27+/m0/s1. The molecule has 198 valence electrons. The van der Waals surface area contributed by atoms with E-state index in [1.54, 1.807) is 4.57 Å². The molecule has 2 aromatic heterocycles. The Morgan fingerprint density at radius 1 is 1.03 bits per heavy atom. The topological polar surface area (TPSA) is 150 Å². The van der Waals surface area contributed by atoms with Gasteiger partial charge >= 0.3 is 5.97 Å². The summed E-state index contributed by atoms with van der Waals surface area (Å²) >= 11 is 0. The number of anilines is 2. The van der Waals surface area contributed by atoms with Gasteiger partial charge in [-0.25, -0.2) is 4.98 Å². The maximum Gasteiger partial charge on any atom is 0.303 e. The van der Waals surface area contributed by atoms with Crippen LogP contribution >= 0.6 is 0 Å². The van der Waals surface area contributed by atoms with E-state index in [9.17, 15) is 4.79 Å². The Labute approximate surface area is 219 Å². The molecule has 0 bridgehead atoms. The van der Waals surface area contributed by atoms with Crippen molar-refractivity contribution in [3.05, 3.63) is 78.1 Å². The predicted octanol–water partition coefficient (Wildman–Crippen LogP) is 3.01. The Hall–Kier alpha value is -4.06. The van der Waals surface area contributed by atoms with E-state index in [0.29, 0.717) is 17.8 Å². The predicted molar refractivity (Wildman–Crippen MR) is 139 cm³/mol. The van der Waals surface area contributed by atoms with E-state index in [0.717, 1.165) is 11.1 Å². The normalized spacial score (nSPS) is 23.1. The molecule has 2 aromatic carbocycles. The van der Waals surface area contributed by atoms with E-state index in [1.807, 2.05) is 67.6 Å². The molecule has 3 heterocycles. The summed E-state index contributed by atoms with van der Waals surface area (Å²) in [6, 6.07) is 19.6. The van der Waals surface area contributed by atoms with Gasteiger partial charge in [-0.2, -0.15) is 9.97 Å². The van der Waals surface area contributed by atoms with Crippen LogP contribution in [0, 0.1) is 0 Å². The summed E-state index contributed by atoms with van der Waals surface area (Å²) < 4.78 is 26.6. The minimum atomic E-state index is -1.00. The lowest BCUT2D eigenvalue weighted by molar-refractivity contribution is -0.158. The maximum absolute atomic E-state index is 12.3. The Bertz CT molecular complexity index is 1400. The second-order valence-corrected chi connectivity index (χ2v) is 9.38. The molecule has 5 rings (SSSR count). The lowest BCUT2D eigenvalue weighted by atomic mass is 9.97. The molecule has 1 aliphatic rings. The average molecular weight is 519 g/mol. The molecule has 0 amide bonds. The molecule has 11 heteroatoms. The molecule has 0 spiro atoms. The minimum Gasteiger partial charge on any atom is -0.455 e. The lowest BCUT2D eigenvalue weighted by Gasteiger charge is -2.31. The smallest absolute Gasteiger partial charge is 0.303 e. The Balaban J connectivity index is 1.49. The van der Waals surface area contributed by atoms with E-state index >= 15 is 0 Å². The van der Waals surface area contributed by atoms with Crippen molar-refractivity contribution >= 4 is 28.9 Å². The Morgan fingerprint density at radius 2 is 1.68 bits per heavy atom. The van der Waals surface area contributed by atoms with Crippen LogP contribution in [0.2, 0.25) is 0 Å². The van der Waals surface area contributed by atoms with Gasteiger partial charge in [-0.3, -0.25) is 9.36 Å². The first kappa shape index (κ1) is 25.6. The molecule has 4 N–H and O–H groups in total. The second kappa shape index (κ2) is 10.7. The molecule has 38 heavy (non-hydrogen) atoms. The molecular formula is C27H30N6O5. The zero-order valence-corrected chi connectivity index (χ0v) is 21.2. The molecule has 4 aromatic rings. The van der Waals surface area contributed by atoms with E-state index in [2.05, 4.69) is 15.0 Å². The number of imidazole rings is 1. The largest absolute Gasteiger partial charge is 0.455 e. The Morgan fingerprint density at radius 3 is 2.34 bits per heavy atom. The van der Waals surface area contributed by atoms with Crippen molar-refractivity contribution in [3.63, 3.8) is 0 Å². The van der Waals surface area contributed by atoms with Crippen LogP contribution in [0.1, 0.15) is 31.2 Å². The quantitative estimate of drug-likeness (QED) is 0.317. The number of nitrogens with zero attached hydrogens (tertiary/aromatic N) is 4. The molecule has 1 aliphatic heterocycles. The summed E-state index contributed by atoms with van der Waals surface area (Å²) in [4.78, 5) is 24.9. The first-order valence-corrected chi connectivity index (χ1v) is 12.2. The number of rotatable bonds is 9. The highest BCUT2D eigenvalue weighted by atomic mass is 16.6. The lowest BCUT2D eigenvalue weighted by Crippen LogP contribution is -2.47. The highest BCUT2D eigenvalue weighted by Crippen LogP contribution is 2.42. The van der Waals surface area contributed by atoms with Gasteiger partial charge in [0, 0.05) is 6.92 Å². The number of carbonyl (C=O) groups excluding carboxylic acids is 1. The van der Waals surface area contributed by atoms with Crippen LogP contribution in [-0.2, 0) is 37.0 Å². The van der Waals surface area contributed by atoms with Gasteiger partial charge in [0.2, 0.25) is 5.95 Å². The molecule has 0 unspecified atom stereocenters. The molecular weight excluding hydrogens is 488 g/mol. The van der Waals surface area contributed by atoms with Crippen LogP contribution in [0.25, 0.3) is 11.2 Å². The van der Waals surface area contributed by atoms with Gasteiger partial charge < -0.3 is 30.4 Å². The van der Waals surface area contributed by atoms with Crippen molar-refractivity contribution in [2.24, 2.45) is 0 Å². The first-order chi connectivity index (χ1) is 18.3. The van der Waals surface area contributed by atoms with Crippen molar-refractivity contribution in [2.75, 3.05) is 18.1 Å². The van der Waals surface area contributed by atoms with Gasteiger partial charge in [0.25, 0.3) is 0 Å². The van der Waals surface area contributed by atoms with Gasteiger partial charge in [0.05, 0.1) is 26.1 Å². The zero-order chi connectivity index (χ0) is 26.7. The molecule has 4 atom stereocenters. The number of hydrogen-bond acceptors (Lipinski definition) is 10. The van der Waals surface area contributed by atoms with Gasteiger partial charge in [-0.15, -0.1) is 0 Å². The molecule has 1 saturated heterocycles. The SMILES string of the molecule is CC(=O)O[C@@H]1[C@H](n2cnc3c(N)nc(N)nc32)O[C@](C)(COCc2ccccc2)[C@@H]1OCc1ccccc1. The molecule has 0 radical (unpaired) electrons. The molecule has 11 nitrogen and oxygen atoms in total. The number of ether oxygens (including phenoxy) is 4. The number of carbonyl (C=O) groups is 1. The first-order valence-electron chi connectivity index (χ1n) is 12.2. The van der Waals surface area contributed by atoms with Gasteiger partial charge in [0.1, 0.15) is 17.2 Å². The monoisotopic (exact) mass is 518 g/mol. The highest BCUT2D eigenvalue weighted by molar-refractivity contribution is 5.82. The number of hydrogen-bond donors (Lipinski definition) is 2. The Kier molecular flexibility index (Phi) is 7.23. The molecule has 0 aliphatic carbocycles. The number of aromatic nitrogens is 4. The van der Waals surface area contributed by atoms with E-state index in [4.69, 9.17) is 30.4 Å². The van der Waals surface area contributed by atoms with Crippen molar-refractivity contribution in [2.45, 2.75) is 51.1 Å². The van der Waals surface area contributed by atoms with Crippen LogP contribution in [0.15, 0.2) is 67.0 Å². The average Bonchev–Trinajstić information content (AvgIpc) is 3.42. The number of nitrogen functional groups attached to an aromatic ring is 2. The third kappa shape index (κ3) is 5.30. The van der Waals surface area contributed by atoms with Crippen LogP contribution in [0.3, 0.4) is 0 Å². The fraction of sp³-hybridized carbons (Fsp3) is 0.333.